The van der Waals surface area contributed by atoms with Crippen molar-refractivity contribution in [2.45, 2.75) is 38.8 Å². The number of aromatic nitrogens is 5. The van der Waals surface area contributed by atoms with E-state index in [0.29, 0.717) is 11.6 Å². The fourth-order valence-corrected chi connectivity index (χ4v) is 3.49. The second kappa shape index (κ2) is 8.63. The minimum atomic E-state index is -0.930. The van der Waals surface area contributed by atoms with Crippen molar-refractivity contribution in [2.24, 2.45) is 5.41 Å². The third-order valence-corrected chi connectivity index (χ3v) is 5.47. The first-order valence-corrected chi connectivity index (χ1v) is 9.50. The van der Waals surface area contributed by atoms with Gasteiger partial charge in [0.05, 0.1) is 6.54 Å². The van der Waals surface area contributed by atoms with Crippen molar-refractivity contribution >= 4 is 17.7 Å². The van der Waals surface area contributed by atoms with Crippen LogP contribution in [-0.4, -0.2) is 35.4 Å². The Bertz CT molecular complexity index is 868. The molecule has 0 bridgehead atoms. The number of rotatable bonds is 3. The zero-order valence-electron chi connectivity index (χ0n) is 16.0. The van der Waals surface area contributed by atoms with E-state index in [1.54, 1.807) is 29.5 Å². The lowest BCUT2D eigenvalue weighted by atomic mass is 9.76. The first kappa shape index (κ1) is 20.2. The fraction of sp³-hybridized carbons (Fsp3) is 0.333. The van der Waals surface area contributed by atoms with Crippen LogP contribution in [0.4, 0.5) is 0 Å². The molecule has 1 aliphatic rings. The molecule has 2 heterocycles. The summed E-state index contributed by atoms with van der Waals surface area (Å²) in [6.07, 6.45) is 11.9. The van der Waals surface area contributed by atoms with Crippen molar-refractivity contribution in [2.75, 3.05) is 0 Å². The lowest BCUT2D eigenvalue weighted by molar-refractivity contribution is -0.0298. The molecule has 3 aromatic rings. The van der Waals surface area contributed by atoms with Gasteiger partial charge in [0.2, 0.25) is 0 Å². The van der Waals surface area contributed by atoms with Gasteiger partial charge in [0.1, 0.15) is 24.6 Å². The number of nitrogens with zero attached hydrogens (tertiary/aromatic N) is 5. The maximum Gasteiger partial charge on any atom is 0.137 e. The van der Waals surface area contributed by atoms with E-state index in [1.807, 2.05) is 24.3 Å². The Morgan fingerprint density at radius 2 is 1.82 bits per heavy atom. The fourth-order valence-electron chi connectivity index (χ4n) is 3.36. The molecule has 0 aliphatic heterocycles. The Hall–Kier alpha value is -2.57. The Kier molecular flexibility index (Phi) is 6.21. The molecule has 1 fully saturated rings. The van der Waals surface area contributed by atoms with E-state index >= 15 is 0 Å². The van der Waals surface area contributed by atoms with E-state index in [9.17, 15) is 5.11 Å². The second-order valence-electron chi connectivity index (χ2n) is 7.46. The number of benzene rings is 1. The summed E-state index contributed by atoms with van der Waals surface area (Å²) in [7, 11) is 0. The molecule has 1 aliphatic carbocycles. The van der Waals surface area contributed by atoms with Crippen LogP contribution in [0.25, 0.3) is 6.08 Å². The molecule has 7 heteroatoms. The molecule has 28 heavy (non-hydrogen) atoms. The zero-order valence-corrected chi connectivity index (χ0v) is 16.8. The minimum Gasteiger partial charge on any atom is -0.383 e. The van der Waals surface area contributed by atoms with Gasteiger partial charge < -0.3 is 5.11 Å². The number of aliphatic hydroxyl groups is 1. The van der Waals surface area contributed by atoms with Crippen LogP contribution >= 0.6 is 11.6 Å². The van der Waals surface area contributed by atoms with E-state index in [2.05, 4.69) is 40.0 Å². The van der Waals surface area contributed by atoms with Crippen molar-refractivity contribution in [3.8, 4) is 0 Å². The summed E-state index contributed by atoms with van der Waals surface area (Å²) in [6.45, 7) is 4.62. The highest BCUT2D eigenvalue weighted by atomic mass is 35.5. The Morgan fingerprint density at radius 1 is 1.11 bits per heavy atom. The predicted octanol–water partition coefficient (Wildman–Crippen LogP) is 4.04. The number of halogens is 1. The van der Waals surface area contributed by atoms with E-state index in [0.717, 1.165) is 24.0 Å². The van der Waals surface area contributed by atoms with E-state index in [4.69, 9.17) is 11.6 Å². The summed E-state index contributed by atoms with van der Waals surface area (Å²) in [4.78, 5) is 11.3. The number of hydrogen-bond donors (Lipinski definition) is 1. The molecular weight excluding hydrogens is 374 g/mol. The number of hydrogen-bond acceptors (Lipinski definition) is 5. The molecule has 0 amide bonds. The average molecular weight is 398 g/mol. The lowest BCUT2D eigenvalue weighted by Crippen LogP contribution is -2.45. The van der Waals surface area contributed by atoms with Crippen LogP contribution in [0.2, 0.25) is 5.02 Å². The topological polar surface area (TPSA) is 76.7 Å². The molecule has 0 spiro atoms. The van der Waals surface area contributed by atoms with E-state index in [1.165, 1.54) is 12.7 Å². The summed E-state index contributed by atoms with van der Waals surface area (Å²) in [5, 5.41) is 16.2. The van der Waals surface area contributed by atoms with Crippen LogP contribution in [0.5, 0.6) is 0 Å². The highest BCUT2D eigenvalue weighted by molar-refractivity contribution is 6.30. The normalized spacial score (nSPS) is 21.9. The highest BCUT2D eigenvalue weighted by Crippen LogP contribution is 2.50. The van der Waals surface area contributed by atoms with E-state index in [-0.39, 0.29) is 5.41 Å². The quantitative estimate of drug-likeness (QED) is 0.721. The summed E-state index contributed by atoms with van der Waals surface area (Å²) in [5.41, 5.74) is 0.946. The monoisotopic (exact) mass is 397 g/mol. The van der Waals surface area contributed by atoms with Crippen LogP contribution in [-0.2, 0) is 6.54 Å². The maximum atomic E-state index is 11.4. The van der Waals surface area contributed by atoms with Gasteiger partial charge in [-0.2, -0.15) is 5.10 Å². The van der Waals surface area contributed by atoms with Crippen LogP contribution in [0.1, 0.15) is 32.3 Å². The molecule has 1 atom stereocenters. The lowest BCUT2D eigenvalue weighted by Gasteiger charge is -2.37. The van der Waals surface area contributed by atoms with Crippen molar-refractivity contribution in [1.29, 1.82) is 0 Å². The van der Waals surface area contributed by atoms with Gasteiger partial charge in [-0.1, -0.05) is 43.7 Å². The van der Waals surface area contributed by atoms with Gasteiger partial charge in [0, 0.05) is 17.4 Å². The predicted molar refractivity (Wildman–Crippen MR) is 109 cm³/mol. The minimum absolute atomic E-state index is 0.211. The molecule has 0 radical (unpaired) electrons. The third kappa shape index (κ3) is 4.64. The van der Waals surface area contributed by atoms with Gasteiger partial charge in [0.15, 0.2) is 0 Å². The molecule has 1 aromatic carbocycles. The van der Waals surface area contributed by atoms with Gasteiger partial charge in [-0.3, -0.25) is 0 Å². The first-order valence-electron chi connectivity index (χ1n) is 9.12. The molecule has 4 rings (SSSR count). The zero-order chi connectivity index (χ0) is 20.0. The summed E-state index contributed by atoms with van der Waals surface area (Å²) < 4.78 is 1.70. The van der Waals surface area contributed by atoms with Crippen LogP contribution < -0.4 is 0 Å². The second-order valence-corrected chi connectivity index (χ2v) is 7.90. The molecule has 0 saturated heterocycles. The third-order valence-electron chi connectivity index (χ3n) is 5.22. The van der Waals surface area contributed by atoms with Crippen LogP contribution in [0.3, 0.4) is 0 Å². The Labute approximate surface area is 170 Å². The van der Waals surface area contributed by atoms with Gasteiger partial charge in [0.25, 0.3) is 0 Å². The van der Waals surface area contributed by atoms with Crippen molar-refractivity contribution in [1.82, 2.24) is 24.7 Å². The molecule has 1 N–H and O–H groups in total. The standard InChI is InChI=1S/C17H20ClN3O.C4H4N2/c1-16(2)8-7-14(9-13-3-5-15(18)6-4-13)17(16,22)10-21-12-19-11-20-21;1-2-5-4-6-3-1/h3-6,9,11-12,22H,7-8,10H2,1-2H3;1-4H/b14-9+;. The van der Waals surface area contributed by atoms with Crippen molar-refractivity contribution in [3.63, 3.8) is 0 Å². The van der Waals surface area contributed by atoms with Crippen molar-refractivity contribution in [3.05, 3.63) is 77.9 Å². The van der Waals surface area contributed by atoms with E-state index < -0.39 is 5.60 Å². The van der Waals surface area contributed by atoms with Crippen LogP contribution in [0.15, 0.2) is 67.3 Å². The van der Waals surface area contributed by atoms with Gasteiger partial charge >= 0.3 is 0 Å². The van der Waals surface area contributed by atoms with Crippen LogP contribution in [0, 0.1) is 5.41 Å². The van der Waals surface area contributed by atoms with Crippen molar-refractivity contribution < 1.29 is 5.11 Å². The molecule has 1 saturated carbocycles. The van der Waals surface area contributed by atoms with Gasteiger partial charge in [-0.05, 0) is 47.6 Å². The SMILES string of the molecule is CC1(C)CC/C(=C\c2ccc(Cl)cc2)C1(O)Cn1cncn1.c1cncnc1. The molecule has 6 nitrogen and oxygen atoms in total. The highest BCUT2D eigenvalue weighted by Gasteiger charge is 2.51. The average Bonchev–Trinajstić information content (AvgIpc) is 3.28. The smallest absolute Gasteiger partial charge is 0.137 e. The first-order chi connectivity index (χ1) is 13.4. The van der Waals surface area contributed by atoms with Gasteiger partial charge in [-0.25, -0.2) is 19.6 Å². The Balaban J connectivity index is 0.000000320. The summed E-state index contributed by atoms with van der Waals surface area (Å²) in [5.74, 6) is 0. The van der Waals surface area contributed by atoms with Gasteiger partial charge in [-0.15, -0.1) is 0 Å². The summed E-state index contributed by atoms with van der Waals surface area (Å²) >= 11 is 5.94. The summed E-state index contributed by atoms with van der Waals surface area (Å²) in [6, 6.07) is 9.45. The molecular formula is C21H24ClN5O. The largest absolute Gasteiger partial charge is 0.383 e. The molecule has 1 unspecified atom stereocenters. The molecule has 146 valence electrons. The Morgan fingerprint density at radius 3 is 2.36 bits per heavy atom. The maximum absolute atomic E-state index is 11.4. The molecule has 2 aromatic heterocycles.